The molecule has 0 aliphatic carbocycles. The Bertz CT molecular complexity index is 211. The lowest BCUT2D eigenvalue weighted by atomic mass is 9.67. The molecule has 0 bridgehead atoms. The van der Waals surface area contributed by atoms with Gasteiger partial charge in [-0.1, -0.05) is 41.0 Å². The van der Waals surface area contributed by atoms with Crippen molar-refractivity contribution in [1.29, 1.82) is 0 Å². The summed E-state index contributed by atoms with van der Waals surface area (Å²) in [5.74, 6) is -0.0592. The lowest BCUT2D eigenvalue weighted by Crippen LogP contribution is -2.29. The predicted molar refractivity (Wildman–Crippen MR) is 68.3 cm³/mol. The first-order chi connectivity index (χ1) is 7.20. The van der Waals surface area contributed by atoms with Crippen molar-refractivity contribution in [2.24, 2.45) is 10.8 Å². The first kappa shape index (κ1) is 15.5. The molecule has 0 aromatic rings. The number of unbranched alkanes of at least 4 members (excludes halogenated alkanes) is 1. The highest BCUT2D eigenvalue weighted by atomic mass is 16.5. The van der Waals surface area contributed by atoms with Crippen LogP contribution in [0.1, 0.15) is 67.2 Å². The Morgan fingerprint density at radius 1 is 1.06 bits per heavy atom. The average molecular weight is 228 g/mol. The first-order valence-electron chi connectivity index (χ1n) is 6.36. The molecule has 96 valence electrons. The molecule has 16 heavy (non-hydrogen) atoms. The van der Waals surface area contributed by atoms with Crippen molar-refractivity contribution in [1.82, 2.24) is 0 Å². The van der Waals surface area contributed by atoms with Gasteiger partial charge >= 0.3 is 5.97 Å². The second kappa shape index (κ2) is 6.27. The van der Waals surface area contributed by atoms with E-state index in [0.29, 0.717) is 23.9 Å². The molecule has 0 amide bonds. The lowest BCUT2D eigenvalue weighted by Gasteiger charge is -2.39. The van der Waals surface area contributed by atoms with Crippen LogP contribution in [0.15, 0.2) is 0 Å². The van der Waals surface area contributed by atoms with Crippen molar-refractivity contribution >= 4 is 5.97 Å². The number of hydrogen-bond donors (Lipinski definition) is 0. The van der Waals surface area contributed by atoms with E-state index in [9.17, 15) is 4.79 Å². The summed E-state index contributed by atoms with van der Waals surface area (Å²) in [6.45, 7) is 13.8. The monoisotopic (exact) mass is 228 g/mol. The Kier molecular flexibility index (Phi) is 6.06. The third-order valence-electron chi connectivity index (χ3n) is 3.77. The van der Waals surface area contributed by atoms with Gasteiger partial charge in [0.25, 0.3) is 0 Å². The van der Waals surface area contributed by atoms with Crippen molar-refractivity contribution in [2.75, 3.05) is 6.61 Å². The van der Waals surface area contributed by atoms with Gasteiger partial charge in [0.05, 0.1) is 6.61 Å². The van der Waals surface area contributed by atoms with Gasteiger partial charge in [-0.15, -0.1) is 0 Å². The van der Waals surface area contributed by atoms with Gasteiger partial charge in [-0.3, -0.25) is 4.79 Å². The topological polar surface area (TPSA) is 26.3 Å². The normalized spacial score (nSPS) is 12.6. The SMILES string of the molecule is CCOC(=O)CCCCC(C)(C)C(C)(C)C. The van der Waals surface area contributed by atoms with Crippen LogP contribution in [0.4, 0.5) is 0 Å². The number of rotatable bonds is 6. The second-order valence-corrected chi connectivity index (χ2v) is 6.15. The van der Waals surface area contributed by atoms with Crippen LogP contribution < -0.4 is 0 Å². The van der Waals surface area contributed by atoms with Crippen LogP contribution >= 0.6 is 0 Å². The molecule has 0 atom stereocenters. The van der Waals surface area contributed by atoms with Crippen molar-refractivity contribution in [3.63, 3.8) is 0 Å². The predicted octanol–water partition coefficient (Wildman–Crippen LogP) is 4.18. The lowest BCUT2D eigenvalue weighted by molar-refractivity contribution is -0.143. The van der Waals surface area contributed by atoms with E-state index in [1.165, 1.54) is 0 Å². The fraction of sp³-hybridized carbons (Fsp3) is 0.929. The van der Waals surface area contributed by atoms with E-state index < -0.39 is 0 Å². The van der Waals surface area contributed by atoms with Gasteiger partial charge in [-0.25, -0.2) is 0 Å². The molecule has 0 aromatic heterocycles. The zero-order chi connectivity index (χ0) is 12.8. The Balaban J connectivity index is 3.78. The van der Waals surface area contributed by atoms with E-state index in [4.69, 9.17) is 4.74 Å². The van der Waals surface area contributed by atoms with Gasteiger partial charge in [0.1, 0.15) is 0 Å². The maximum Gasteiger partial charge on any atom is 0.305 e. The molecule has 0 saturated heterocycles. The fourth-order valence-electron chi connectivity index (χ4n) is 1.44. The zero-order valence-corrected chi connectivity index (χ0v) is 11.9. The summed E-state index contributed by atoms with van der Waals surface area (Å²) in [5, 5.41) is 0. The van der Waals surface area contributed by atoms with E-state index in [-0.39, 0.29) is 5.97 Å². The van der Waals surface area contributed by atoms with Crippen molar-refractivity contribution in [2.45, 2.75) is 67.2 Å². The molecule has 0 spiro atoms. The molecule has 0 aromatic carbocycles. The molecule has 0 radical (unpaired) electrons. The molecule has 0 heterocycles. The van der Waals surface area contributed by atoms with Gasteiger partial charge in [0, 0.05) is 6.42 Å². The highest BCUT2D eigenvalue weighted by Gasteiger charge is 2.31. The molecule has 0 fully saturated rings. The average Bonchev–Trinajstić information content (AvgIpc) is 2.11. The van der Waals surface area contributed by atoms with Crippen LogP contribution in [0, 0.1) is 10.8 Å². The van der Waals surface area contributed by atoms with Crippen molar-refractivity contribution < 1.29 is 9.53 Å². The molecule has 0 saturated carbocycles. The molecule has 0 unspecified atom stereocenters. The Morgan fingerprint density at radius 2 is 1.62 bits per heavy atom. The minimum Gasteiger partial charge on any atom is -0.466 e. The number of hydrogen-bond acceptors (Lipinski definition) is 2. The molecule has 2 heteroatoms. The molecule has 0 N–H and O–H groups in total. The summed E-state index contributed by atoms with van der Waals surface area (Å²) in [7, 11) is 0. The fourth-order valence-corrected chi connectivity index (χ4v) is 1.44. The summed E-state index contributed by atoms with van der Waals surface area (Å²) in [5.41, 5.74) is 0.637. The van der Waals surface area contributed by atoms with Gasteiger partial charge in [-0.2, -0.15) is 0 Å². The molecule has 2 nitrogen and oxygen atoms in total. The molecule has 0 aliphatic rings. The Hall–Kier alpha value is -0.530. The Labute approximate surface area is 101 Å². The third kappa shape index (κ3) is 5.53. The van der Waals surface area contributed by atoms with Gasteiger partial charge in [-0.05, 0) is 30.6 Å². The number of esters is 1. The van der Waals surface area contributed by atoms with E-state index in [1.54, 1.807) is 0 Å². The standard InChI is InChI=1S/C14H28O2/c1-7-16-12(15)10-8-9-11-14(5,6)13(2,3)4/h7-11H2,1-6H3. The molecule has 0 rings (SSSR count). The summed E-state index contributed by atoms with van der Waals surface area (Å²) in [6, 6.07) is 0. The maximum atomic E-state index is 11.1. The van der Waals surface area contributed by atoms with E-state index in [1.807, 2.05) is 6.92 Å². The van der Waals surface area contributed by atoms with Crippen molar-refractivity contribution in [3.05, 3.63) is 0 Å². The van der Waals surface area contributed by atoms with Crippen LogP contribution in [0.5, 0.6) is 0 Å². The minimum atomic E-state index is -0.0592. The van der Waals surface area contributed by atoms with E-state index in [2.05, 4.69) is 34.6 Å². The van der Waals surface area contributed by atoms with Gasteiger partial charge < -0.3 is 4.74 Å². The van der Waals surface area contributed by atoms with Crippen LogP contribution in [0.25, 0.3) is 0 Å². The van der Waals surface area contributed by atoms with Crippen molar-refractivity contribution in [3.8, 4) is 0 Å². The first-order valence-corrected chi connectivity index (χ1v) is 6.36. The minimum absolute atomic E-state index is 0.0592. The summed E-state index contributed by atoms with van der Waals surface area (Å²) in [4.78, 5) is 11.1. The highest BCUT2D eigenvalue weighted by Crippen LogP contribution is 2.41. The molecular weight excluding hydrogens is 200 g/mol. The summed E-state index contributed by atoms with van der Waals surface area (Å²) >= 11 is 0. The van der Waals surface area contributed by atoms with E-state index >= 15 is 0 Å². The number of carbonyl (C=O) groups is 1. The maximum absolute atomic E-state index is 11.1. The molecular formula is C14H28O2. The largest absolute Gasteiger partial charge is 0.466 e. The number of carbonyl (C=O) groups excluding carboxylic acids is 1. The van der Waals surface area contributed by atoms with Gasteiger partial charge in [0.15, 0.2) is 0 Å². The van der Waals surface area contributed by atoms with E-state index in [0.717, 1.165) is 19.3 Å². The van der Waals surface area contributed by atoms with Crippen LogP contribution in [-0.4, -0.2) is 12.6 Å². The highest BCUT2D eigenvalue weighted by molar-refractivity contribution is 5.69. The summed E-state index contributed by atoms with van der Waals surface area (Å²) in [6.07, 6.45) is 3.77. The van der Waals surface area contributed by atoms with Gasteiger partial charge in [0.2, 0.25) is 0 Å². The smallest absolute Gasteiger partial charge is 0.305 e. The number of ether oxygens (including phenoxy) is 1. The molecule has 0 aliphatic heterocycles. The Morgan fingerprint density at radius 3 is 2.06 bits per heavy atom. The third-order valence-corrected chi connectivity index (χ3v) is 3.77. The quantitative estimate of drug-likeness (QED) is 0.503. The summed E-state index contributed by atoms with van der Waals surface area (Å²) < 4.78 is 4.90. The van der Waals surface area contributed by atoms with Crippen LogP contribution in [-0.2, 0) is 9.53 Å². The van der Waals surface area contributed by atoms with Crippen LogP contribution in [0.3, 0.4) is 0 Å². The second-order valence-electron chi connectivity index (χ2n) is 6.15. The van der Waals surface area contributed by atoms with Crippen LogP contribution in [0.2, 0.25) is 0 Å². The zero-order valence-electron chi connectivity index (χ0n) is 11.9.